The van der Waals surface area contributed by atoms with E-state index in [0.717, 1.165) is 38.7 Å². The number of esters is 1. The van der Waals surface area contributed by atoms with E-state index >= 15 is 0 Å². The first-order chi connectivity index (χ1) is 9.37. The van der Waals surface area contributed by atoms with Crippen molar-refractivity contribution in [3.8, 4) is 0 Å². The summed E-state index contributed by atoms with van der Waals surface area (Å²) < 4.78 is 11.3. The Hall–Kier alpha value is -0.570. The molecule has 5 atom stereocenters. The van der Waals surface area contributed by atoms with Crippen molar-refractivity contribution in [3.05, 3.63) is 0 Å². The monoisotopic (exact) mass is 280 g/mol. The van der Waals surface area contributed by atoms with Crippen LogP contribution in [-0.4, -0.2) is 25.3 Å². The zero-order chi connectivity index (χ0) is 14.6. The summed E-state index contributed by atoms with van der Waals surface area (Å²) in [4.78, 5) is 12.4. The third-order valence-corrected chi connectivity index (χ3v) is 6.93. The van der Waals surface area contributed by atoms with Gasteiger partial charge in [0.25, 0.3) is 0 Å². The maximum absolute atomic E-state index is 12.4. The number of carbonyl (C=O) groups excluding carboxylic acids is 1. The summed E-state index contributed by atoms with van der Waals surface area (Å²) in [5.41, 5.74) is -0.0318. The number of carbonyl (C=O) groups is 1. The van der Waals surface area contributed by atoms with Crippen molar-refractivity contribution in [2.75, 3.05) is 13.7 Å². The molecule has 114 valence electrons. The van der Waals surface area contributed by atoms with Crippen molar-refractivity contribution in [2.45, 2.75) is 64.9 Å². The first-order valence-corrected chi connectivity index (χ1v) is 8.09. The van der Waals surface area contributed by atoms with Crippen LogP contribution < -0.4 is 0 Å². The molecule has 0 aromatic heterocycles. The summed E-state index contributed by atoms with van der Waals surface area (Å²) in [6.45, 7) is 7.72. The topological polar surface area (TPSA) is 35.5 Å². The van der Waals surface area contributed by atoms with E-state index in [9.17, 15) is 4.79 Å². The standard InChI is InChI=1S/C17H28O3/c1-15-8-5-9-16(2,14(18)19-4)12(15)6-10-17(3)13(15)7-11-20-17/h12-13H,5-11H2,1-4H3/t12-,13-,15+,16+,17+/m1/s1. The quantitative estimate of drug-likeness (QED) is 0.689. The molecule has 2 saturated carbocycles. The maximum Gasteiger partial charge on any atom is 0.311 e. The second kappa shape index (κ2) is 4.46. The molecule has 1 saturated heterocycles. The highest BCUT2D eigenvalue weighted by molar-refractivity contribution is 5.77. The van der Waals surface area contributed by atoms with E-state index in [2.05, 4.69) is 20.8 Å². The second-order valence-corrected chi connectivity index (χ2v) is 7.86. The molecule has 3 nitrogen and oxygen atoms in total. The van der Waals surface area contributed by atoms with Crippen LogP contribution in [0.4, 0.5) is 0 Å². The number of rotatable bonds is 1. The minimum Gasteiger partial charge on any atom is -0.469 e. The van der Waals surface area contributed by atoms with Gasteiger partial charge in [0.2, 0.25) is 0 Å². The van der Waals surface area contributed by atoms with Gasteiger partial charge in [-0.1, -0.05) is 13.3 Å². The Bertz CT molecular complexity index is 420. The van der Waals surface area contributed by atoms with Gasteiger partial charge in [0.1, 0.15) is 0 Å². The smallest absolute Gasteiger partial charge is 0.311 e. The van der Waals surface area contributed by atoms with Gasteiger partial charge in [0.05, 0.1) is 18.1 Å². The minimum absolute atomic E-state index is 0.00376. The molecule has 20 heavy (non-hydrogen) atoms. The maximum atomic E-state index is 12.4. The lowest BCUT2D eigenvalue weighted by Crippen LogP contribution is -2.58. The number of ether oxygens (including phenoxy) is 2. The Morgan fingerprint density at radius 2 is 1.85 bits per heavy atom. The molecule has 3 aliphatic rings. The van der Waals surface area contributed by atoms with Crippen molar-refractivity contribution in [3.63, 3.8) is 0 Å². The summed E-state index contributed by atoms with van der Waals surface area (Å²) >= 11 is 0. The van der Waals surface area contributed by atoms with Crippen LogP contribution >= 0.6 is 0 Å². The van der Waals surface area contributed by atoms with Crippen molar-refractivity contribution < 1.29 is 14.3 Å². The van der Waals surface area contributed by atoms with E-state index in [-0.39, 0.29) is 22.4 Å². The average Bonchev–Trinajstić information content (AvgIpc) is 2.81. The third kappa shape index (κ3) is 1.71. The largest absolute Gasteiger partial charge is 0.469 e. The zero-order valence-electron chi connectivity index (χ0n) is 13.3. The van der Waals surface area contributed by atoms with Crippen LogP contribution in [0.25, 0.3) is 0 Å². The molecule has 1 heterocycles. The molecule has 2 aliphatic carbocycles. The Morgan fingerprint density at radius 1 is 1.10 bits per heavy atom. The van der Waals surface area contributed by atoms with Gasteiger partial charge in [-0.15, -0.1) is 0 Å². The minimum atomic E-state index is -0.300. The van der Waals surface area contributed by atoms with Gasteiger partial charge in [-0.3, -0.25) is 4.79 Å². The normalized spacial score (nSPS) is 51.2. The molecule has 0 N–H and O–H groups in total. The van der Waals surface area contributed by atoms with Crippen LogP contribution in [0.1, 0.15) is 59.3 Å². The highest BCUT2D eigenvalue weighted by Gasteiger charge is 2.63. The highest BCUT2D eigenvalue weighted by atomic mass is 16.5. The Morgan fingerprint density at radius 3 is 2.55 bits per heavy atom. The van der Waals surface area contributed by atoms with Gasteiger partial charge in [0.15, 0.2) is 0 Å². The molecule has 0 aromatic rings. The van der Waals surface area contributed by atoms with Gasteiger partial charge in [-0.05, 0) is 63.2 Å². The van der Waals surface area contributed by atoms with Crippen LogP contribution in [0.3, 0.4) is 0 Å². The van der Waals surface area contributed by atoms with Gasteiger partial charge < -0.3 is 9.47 Å². The van der Waals surface area contributed by atoms with Crippen LogP contribution in [0, 0.1) is 22.7 Å². The highest BCUT2D eigenvalue weighted by Crippen LogP contribution is 2.65. The summed E-state index contributed by atoms with van der Waals surface area (Å²) in [5.74, 6) is 1.03. The summed E-state index contributed by atoms with van der Waals surface area (Å²) in [6.07, 6.45) is 6.67. The summed E-state index contributed by atoms with van der Waals surface area (Å²) in [5, 5.41) is 0. The molecule has 0 aromatic carbocycles. The first-order valence-electron chi connectivity index (χ1n) is 8.09. The first kappa shape index (κ1) is 14.4. The van der Waals surface area contributed by atoms with E-state index in [1.165, 1.54) is 13.5 Å². The van der Waals surface area contributed by atoms with Crippen molar-refractivity contribution >= 4 is 5.97 Å². The fourth-order valence-corrected chi connectivity index (χ4v) is 5.98. The lowest BCUT2D eigenvalue weighted by Gasteiger charge is -2.59. The predicted molar refractivity (Wildman–Crippen MR) is 77.3 cm³/mol. The molecule has 3 heteroatoms. The zero-order valence-corrected chi connectivity index (χ0v) is 13.3. The molecule has 0 unspecified atom stereocenters. The molecule has 0 bridgehead atoms. The number of hydrogen-bond donors (Lipinski definition) is 0. The van der Waals surface area contributed by atoms with Crippen LogP contribution in [0.5, 0.6) is 0 Å². The molecule has 0 spiro atoms. The summed E-state index contributed by atoms with van der Waals surface area (Å²) in [7, 11) is 1.53. The summed E-state index contributed by atoms with van der Waals surface area (Å²) in [6, 6.07) is 0. The van der Waals surface area contributed by atoms with E-state index in [1.807, 2.05) is 0 Å². The van der Waals surface area contributed by atoms with Gasteiger partial charge in [-0.2, -0.15) is 0 Å². The molecule has 3 rings (SSSR count). The SMILES string of the molecule is COC(=O)[C@@]1(C)CCC[C@]2(C)[C@H]3CCO[C@@]3(C)CC[C@H]21. The Balaban J connectivity index is 1.98. The second-order valence-electron chi connectivity index (χ2n) is 7.86. The Kier molecular flexibility index (Phi) is 3.20. The predicted octanol–water partition coefficient (Wildman–Crippen LogP) is 3.56. The average molecular weight is 280 g/mol. The van der Waals surface area contributed by atoms with E-state index in [4.69, 9.17) is 9.47 Å². The lowest BCUT2D eigenvalue weighted by molar-refractivity contribution is -0.183. The van der Waals surface area contributed by atoms with Crippen LogP contribution in [0.2, 0.25) is 0 Å². The number of hydrogen-bond acceptors (Lipinski definition) is 3. The molecule has 0 radical (unpaired) electrons. The van der Waals surface area contributed by atoms with Crippen LogP contribution in [-0.2, 0) is 14.3 Å². The molecular weight excluding hydrogens is 252 g/mol. The van der Waals surface area contributed by atoms with Gasteiger partial charge in [0, 0.05) is 6.61 Å². The molecule has 3 fully saturated rings. The third-order valence-electron chi connectivity index (χ3n) is 6.93. The molecular formula is C17H28O3. The van der Waals surface area contributed by atoms with E-state index < -0.39 is 0 Å². The van der Waals surface area contributed by atoms with E-state index in [1.54, 1.807) is 0 Å². The van der Waals surface area contributed by atoms with Crippen molar-refractivity contribution in [1.29, 1.82) is 0 Å². The van der Waals surface area contributed by atoms with Gasteiger partial charge in [-0.25, -0.2) is 0 Å². The lowest BCUT2D eigenvalue weighted by atomic mass is 9.45. The van der Waals surface area contributed by atoms with Gasteiger partial charge >= 0.3 is 5.97 Å². The number of methoxy groups -OCH3 is 1. The van der Waals surface area contributed by atoms with E-state index in [0.29, 0.717) is 11.8 Å². The fraction of sp³-hybridized carbons (Fsp3) is 0.941. The molecule has 1 aliphatic heterocycles. The molecule has 0 amide bonds. The number of fused-ring (bicyclic) bond motifs is 3. The Labute approximate surface area is 122 Å². The van der Waals surface area contributed by atoms with Crippen molar-refractivity contribution in [2.24, 2.45) is 22.7 Å². The van der Waals surface area contributed by atoms with Crippen LogP contribution in [0.15, 0.2) is 0 Å². The van der Waals surface area contributed by atoms with Crippen molar-refractivity contribution in [1.82, 2.24) is 0 Å². The fourth-order valence-electron chi connectivity index (χ4n) is 5.98.